The third-order valence-corrected chi connectivity index (χ3v) is 4.88. The van der Waals surface area contributed by atoms with Gasteiger partial charge in [-0.05, 0) is 31.5 Å². The minimum Gasteiger partial charge on any atom is -0.314 e. The molecular formula is C20H18ClFN8. The molecule has 0 unspecified atom stereocenters. The maximum Gasteiger partial charge on any atom is 0.183 e. The highest BCUT2D eigenvalue weighted by molar-refractivity contribution is 6.34. The van der Waals surface area contributed by atoms with Gasteiger partial charge in [-0.3, -0.25) is 0 Å². The molecule has 0 N–H and O–H groups in total. The van der Waals surface area contributed by atoms with Crippen molar-refractivity contribution in [3.8, 4) is 11.1 Å². The monoisotopic (exact) mass is 424 g/mol. The molecule has 0 amide bonds. The van der Waals surface area contributed by atoms with Gasteiger partial charge in [-0.2, -0.15) is 10.2 Å². The predicted octanol–water partition coefficient (Wildman–Crippen LogP) is 4.15. The Bertz CT molecular complexity index is 1300. The van der Waals surface area contributed by atoms with E-state index in [1.54, 1.807) is 31.0 Å². The Hall–Kier alpha value is -3.46. The van der Waals surface area contributed by atoms with Gasteiger partial charge in [0, 0.05) is 18.7 Å². The molecule has 4 aromatic heterocycles. The molecule has 0 aliphatic heterocycles. The summed E-state index contributed by atoms with van der Waals surface area (Å²) in [6.07, 6.45) is 6.61. The smallest absolute Gasteiger partial charge is 0.183 e. The standard InChI is InChI=1S/C13H11FN4.C7H7ClN4/c1-2-18-8-15-12-11(7-16-17-13(12)18)9-3-5-10(14)6-4-9;1-2-12-4-9-6-5(8)3-10-11-7(6)12/h3-8H,2H2,1H3;3-4H,2H2,1H3. The minimum atomic E-state index is -0.254. The second kappa shape index (κ2) is 8.50. The lowest BCUT2D eigenvalue weighted by Gasteiger charge is -2.02. The zero-order valence-electron chi connectivity index (χ0n) is 16.4. The van der Waals surface area contributed by atoms with Gasteiger partial charge in [-0.15, -0.1) is 10.2 Å². The van der Waals surface area contributed by atoms with Crippen LogP contribution in [-0.2, 0) is 13.1 Å². The molecule has 0 fully saturated rings. The number of aryl methyl sites for hydroxylation is 2. The van der Waals surface area contributed by atoms with E-state index in [9.17, 15) is 4.39 Å². The molecule has 10 heteroatoms. The molecule has 0 radical (unpaired) electrons. The summed E-state index contributed by atoms with van der Waals surface area (Å²) in [6.45, 7) is 5.65. The Kier molecular flexibility index (Phi) is 5.62. The number of aromatic nitrogens is 8. The van der Waals surface area contributed by atoms with Crippen molar-refractivity contribution >= 4 is 33.9 Å². The van der Waals surface area contributed by atoms with Crippen LogP contribution in [-0.4, -0.2) is 39.5 Å². The molecule has 1 aromatic carbocycles. The summed E-state index contributed by atoms with van der Waals surface area (Å²) in [5.74, 6) is -0.254. The van der Waals surface area contributed by atoms with Crippen LogP contribution in [0.25, 0.3) is 33.5 Å². The molecule has 8 nitrogen and oxygen atoms in total. The number of imidazole rings is 2. The van der Waals surface area contributed by atoms with Crippen LogP contribution in [0, 0.1) is 5.82 Å². The highest BCUT2D eigenvalue weighted by Gasteiger charge is 2.10. The van der Waals surface area contributed by atoms with Gasteiger partial charge < -0.3 is 9.13 Å². The van der Waals surface area contributed by atoms with Crippen LogP contribution in [0.3, 0.4) is 0 Å². The van der Waals surface area contributed by atoms with E-state index in [4.69, 9.17) is 11.6 Å². The lowest BCUT2D eigenvalue weighted by Crippen LogP contribution is -1.95. The highest BCUT2D eigenvalue weighted by atomic mass is 35.5. The number of hydrogen-bond donors (Lipinski definition) is 0. The van der Waals surface area contributed by atoms with Crippen molar-refractivity contribution in [3.63, 3.8) is 0 Å². The molecule has 0 aliphatic carbocycles. The Morgan fingerprint density at radius 2 is 1.40 bits per heavy atom. The van der Waals surface area contributed by atoms with Gasteiger partial charge in [-0.25, -0.2) is 14.4 Å². The zero-order valence-corrected chi connectivity index (χ0v) is 17.1. The van der Waals surface area contributed by atoms with E-state index in [1.807, 2.05) is 23.0 Å². The topological polar surface area (TPSA) is 87.2 Å². The van der Waals surface area contributed by atoms with Crippen LogP contribution in [0.4, 0.5) is 4.39 Å². The molecule has 30 heavy (non-hydrogen) atoms. The number of halogens is 2. The summed E-state index contributed by atoms with van der Waals surface area (Å²) in [7, 11) is 0. The van der Waals surface area contributed by atoms with Gasteiger partial charge in [-0.1, -0.05) is 23.7 Å². The highest BCUT2D eigenvalue weighted by Crippen LogP contribution is 2.25. The van der Waals surface area contributed by atoms with E-state index < -0.39 is 0 Å². The van der Waals surface area contributed by atoms with Gasteiger partial charge in [0.25, 0.3) is 0 Å². The maximum absolute atomic E-state index is 12.9. The van der Waals surface area contributed by atoms with Crippen molar-refractivity contribution in [3.05, 3.63) is 60.2 Å². The second-order valence-corrected chi connectivity index (χ2v) is 6.77. The fourth-order valence-corrected chi connectivity index (χ4v) is 3.20. The number of rotatable bonds is 3. The average molecular weight is 425 g/mol. The van der Waals surface area contributed by atoms with E-state index in [0.29, 0.717) is 10.5 Å². The summed E-state index contributed by atoms with van der Waals surface area (Å²) in [6, 6.07) is 6.30. The summed E-state index contributed by atoms with van der Waals surface area (Å²) < 4.78 is 16.8. The molecule has 0 saturated carbocycles. The largest absolute Gasteiger partial charge is 0.314 e. The van der Waals surface area contributed by atoms with E-state index in [0.717, 1.165) is 41.0 Å². The number of nitrogens with zero attached hydrogens (tertiary/aromatic N) is 8. The first-order valence-corrected chi connectivity index (χ1v) is 9.74. The molecule has 4 heterocycles. The normalized spacial score (nSPS) is 10.9. The van der Waals surface area contributed by atoms with Crippen molar-refractivity contribution in [2.24, 2.45) is 0 Å². The SMILES string of the molecule is CCn1cnc2c(-c3ccc(F)cc3)cnnc21.CCn1cnc2c(Cl)cnnc21. The minimum absolute atomic E-state index is 0.254. The summed E-state index contributed by atoms with van der Waals surface area (Å²) in [5, 5.41) is 16.3. The summed E-state index contributed by atoms with van der Waals surface area (Å²) >= 11 is 5.85. The summed E-state index contributed by atoms with van der Waals surface area (Å²) in [5.41, 5.74) is 4.75. The van der Waals surface area contributed by atoms with Crippen LogP contribution in [0.1, 0.15) is 13.8 Å². The Morgan fingerprint density at radius 1 is 0.833 bits per heavy atom. The van der Waals surface area contributed by atoms with E-state index in [-0.39, 0.29) is 5.82 Å². The van der Waals surface area contributed by atoms with Crippen molar-refractivity contribution in [2.45, 2.75) is 26.9 Å². The molecule has 5 aromatic rings. The van der Waals surface area contributed by atoms with Crippen LogP contribution >= 0.6 is 11.6 Å². The van der Waals surface area contributed by atoms with Crippen molar-refractivity contribution < 1.29 is 4.39 Å². The number of hydrogen-bond acceptors (Lipinski definition) is 6. The maximum atomic E-state index is 12.9. The number of fused-ring (bicyclic) bond motifs is 2. The van der Waals surface area contributed by atoms with Crippen LogP contribution in [0.2, 0.25) is 5.02 Å². The van der Waals surface area contributed by atoms with Crippen LogP contribution < -0.4 is 0 Å². The van der Waals surface area contributed by atoms with E-state index >= 15 is 0 Å². The molecule has 0 spiro atoms. The molecule has 0 bridgehead atoms. The fourth-order valence-electron chi connectivity index (χ4n) is 3.02. The quantitative estimate of drug-likeness (QED) is 0.432. The molecule has 0 aliphatic rings. The van der Waals surface area contributed by atoms with Gasteiger partial charge in [0.1, 0.15) is 16.9 Å². The van der Waals surface area contributed by atoms with Gasteiger partial charge in [0.05, 0.1) is 30.1 Å². The average Bonchev–Trinajstić information content (AvgIpc) is 3.39. The fraction of sp³-hybridized carbons (Fsp3) is 0.200. The van der Waals surface area contributed by atoms with Gasteiger partial charge in [0.15, 0.2) is 11.3 Å². The van der Waals surface area contributed by atoms with Gasteiger partial charge >= 0.3 is 0 Å². The Labute approximate surface area is 176 Å². The second-order valence-electron chi connectivity index (χ2n) is 6.36. The lowest BCUT2D eigenvalue weighted by atomic mass is 10.1. The van der Waals surface area contributed by atoms with E-state index in [2.05, 4.69) is 30.4 Å². The van der Waals surface area contributed by atoms with Crippen molar-refractivity contribution in [1.82, 2.24) is 39.5 Å². The molecule has 5 rings (SSSR count). The zero-order chi connectivity index (χ0) is 21.1. The Balaban J connectivity index is 0.000000158. The molecule has 152 valence electrons. The summed E-state index contributed by atoms with van der Waals surface area (Å²) in [4.78, 5) is 8.47. The third kappa shape index (κ3) is 3.71. The van der Waals surface area contributed by atoms with Gasteiger partial charge in [0.2, 0.25) is 0 Å². The predicted molar refractivity (Wildman–Crippen MR) is 112 cm³/mol. The molecule has 0 atom stereocenters. The first kappa shape index (κ1) is 19.8. The number of benzene rings is 1. The Morgan fingerprint density at radius 3 is 2.03 bits per heavy atom. The van der Waals surface area contributed by atoms with Crippen LogP contribution in [0.15, 0.2) is 49.3 Å². The first-order valence-electron chi connectivity index (χ1n) is 9.36. The van der Waals surface area contributed by atoms with Crippen LogP contribution in [0.5, 0.6) is 0 Å². The first-order chi connectivity index (χ1) is 14.6. The van der Waals surface area contributed by atoms with Crippen molar-refractivity contribution in [2.75, 3.05) is 0 Å². The van der Waals surface area contributed by atoms with E-state index in [1.165, 1.54) is 18.3 Å². The molecular weight excluding hydrogens is 407 g/mol. The van der Waals surface area contributed by atoms with Crippen molar-refractivity contribution in [1.29, 1.82) is 0 Å². The molecule has 0 saturated heterocycles. The lowest BCUT2D eigenvalue weighted by molar-refractivity contribution is 0.628. The third-order valence-electron chi connectivity index (χ3n) is 4.60.